The number of amides is 1. The second kappa shape index (κ2) is 10.7. The van der Waals surface area contributed by atoms with Crippen molar-refractivity contribution >= 4 is 5.91 Å². The van der Waals surface area contributed by atoms with Gasteiger partial charge in [0, 0.05) is 13.0 Å². The molecule has 0 aliphatic rings. The number of rotatable bonds is 10. The summed E-state index contributed by atoms with van der Waals surface area (Å²) in [7, 11) is 0. The van der Waals surface area contributed by atoms with E-state index in [2.05, 4.69) is 10.1 Å². The van der Waals surface area contributed by atoms with Crippen LogP contribution in [0.5, 0.6) is 0 Å². The highest BCUT2D eigenvalue weighted by Crippen LogP contribution is 1.93. The van der Waals surface area contributed by atoms with Crippen LogP contribution in [0.25, 0.3) is 0 Å². The van der Waals surface area contributed by atoms with Crippen LogP contribution >= 0.6 is 0 Å². The lowest BCUT2D eigenvalue weighted by molar-refractivity contribution is -0.122. The molecule has 0 aromatic carbocycles. The van der Waals surface area contributed by atoms with E-state index in [0.29, 0.717) is 13.2 Å². The molecule has 5 nitrogen and oxygen atoms in total. The molecule has 2 N–H and O–H groups in total. The third-order valence-corrected chi connectivity index (χ3v) is 1.52. The minimum absolute atomic E-state index is 0.0202. The Bertz CT molecular complexity index is 181. The van der Waals surface area contributed by atoms with E-state index < -0.39 is 13.0 Å². The van der Waals surface area contributed by atoms with Crippen molar-refractivity contribution in [2.75, 3.05) is 39.6 Å². The molecule has 96 valence electrons. The molecular weight excluding hydrogens is 224 g/mol. The minimum atomic E-state index is -2.50. The predicted octanol–water partition coefficient (Wildman–Crippen LogP) is -0.217. The minimum Gasteiger partial charge on any atom is -0.394 e. The molecule has 0 radical (unpaired) electrons. The monoisotopic (exact) mass is 241 g/mol. The highest BCUT2D eigenvalue weighted by molar-refractivity contribution is 5.75. The van der Waals surface area contributed by atoms with Crippen LogP contribution in [0.2, 0.25) is 0 Å². The normalized spacial score (nSPS) is 10.8. The van der Waals surface area contributed by atoms with Crippen molar-refractivity contribution in [1.29, 1.82) is 0 Å². The molecule has 1 amide bonds. The number of aliphatic hydroxyl groups excluding tert-OH is 1. The molecule has 0 aliphatic carbocycles. The average molecular weight is 241 g/mol. The highest BCUT2D eigenvalue weighted by Gasteiger charge is 2.04. The van der Waals surface area contributed by atoms with Gasteiger partial charge in [0.15, 0.2) is 0 Å². The first-order chi connectivity index (χ1) is 7.66. The molecule has 7 heteroatoms. The Morgan fingerprint density at radius 2 is 2.00 bits per heavy atom. The second-order valence-electron chi connectivity index (χ2n) is 2.90. The van der Waals surface area contributed by atoms with Crippen molar-refractivity contribution in [1.82, 2.24) is 5.32 Å². The number of alkyl halides is 2. The fourth-order valence-corrected chi connectivity index (χ4v) is 0.855. The zero-order valence-electron chi connectivity index (χ0n) is 8.95. The van der Waals surface area contributed by atoms with Gasteiger partial charge in [0.25, 0.3) is 6.43 Å². The first kappa shape index (κ1) is 15.2. The summed E-state index contributed by atoms with van der Waals surface area (Å²) >= 11 is 0. The Morgan fingerprint density at radius 3 is 2.62 bits per heavy atom. The lowest BCUT2D eigenvalue weighted by Crippen LogP contribution is -2.28. The summed E-state index contributed by atoms with van der Waals surface area (Å²) in [5.41, 5.74) is 0. The van der Waals surface area contributed by atoms with Gasteiger partial charge >= 0.3 is 0 Å². The number of carbonyl (C=O) groups is 1. The number of nitrogens with one attached hydrogen (secondary N) is 1. The Morgan fingerprint density at radius 1 is 1.25 bits per heavy atom. The summed E-state index contributed by atoms with van der Waals surface area (Å²) in [6.45, 7) is 0.140. The van der Waals surface area contributed by atoms with Gasteiger partial charge in [-0.3, -0.25) is 4.79 Å². The van der Waals surface area contributed by atoms with Crippen LogP contribution in [0, 0.1) is 0 Å². The Balaban J connectivity index is 3.18. The molecule has 0 aromatic rings. The van der Waals surface area contributed by atoms with Gasteiger partial charge in [0.05, 0.1) is 26.4 Å². The zero-order valence-corrected chi connectivity index (χ0v) is 8.95. The van der Waals surface area contributed by atoms with Crippen LogP contribution in [0.4, 0.5) is 8.78 Å². The van der Waals surface area contributed by atoms with Gasteiger partial charge in [-0.1, -0.05) is 0 Å². The summed E-state index contributed by atoms with van der Waals surface area (Å²) in [6, 6.07) is 0. The molecule has 0 aromatic heterocycles. The van der Waals surface area contributed by atoms with E-state index in [1.54, 1.807) is 0 Å². The fraction of sp³-hybridized carbons (Fsp3) is 0.889. The third kappa shape index (κ3) is 11.3. The Hall–Kier alpha value is -0.790. The maximum atomic E-state index is 11.6. The molecule has 0 fully saturated rings. The van der Waals surface area contributed by atoms with Crippen LogP contribution in [0.1, 0.15) is 6.42 Å². The van der Waals surface area contributed by atoms with Crippen molar-refractivity contribution in [3.05, 3.63) is 0 Å². The van der Waals surface area contributed by atoms with Gasteiger partial charge in [-0.25, -0.2) is 8.78 Å². The summed E-state index contributed by atoms with van der Waals surface area (Å²) in [5.74, 6) is -0.276. The van der Waals surface area contributed by atoms with Crippen LogP contribution in [-0.2, 0) is 14.3 Å². The van der Waals surface area contributed by atoms with Crippen molar-refractivity contribution in [3.63, 3.8) is 0 Å². The van der Waals surface area contributed by atoms with Gasteiger partial charge in [-0.15, -0.1) is 0 Å². The SMILES string of the molecule is O=C(CCOCC(F)F)NCCOCCO. The quantitative estimate of drug-likeness (QED) is 0.519. The number of halogens is 2. The van der Waals surface area contributed by atoms with E-state index in [-0.39, 0.29) is 32.1 Å². The average Bonchev–Trinajstić information content (AvgIpc) is 2.24. The van der Waals surface area contributed by atoms with Crippen molar-refractivity contribution in [2.24, 2.45) is 0 Å². The standard InChI is InChI=1S/C9H17F2NO4/c10-8(11)7-16-4-1-9(14)12-2-5-15-6-3-13/h8,13H,1-7H2,(H,12,14). The summed E-state index contributed by atoms with van der Waals surface area (Å²) < 4.78 is 32.7. The predicted molar refractivity (Wildman–Crippen MR) is 52.4 cm³/mol. The van der Waals surface area contributed by atoms with Crippen molar-refractivity contribution in [2.45, 2.75) is 12.8 Å². The van der Waals surface area contributed by atoms with E-state index in [0.717, 1.165) is 0 Å². The second-order valence-corrected chi connectivity index (χ2v) is 2.90. The van der Waals surface area contributed by atoms with Crippen LogP contribution in [0.15, 0.2) is 0 Å². The molecule has 16 heavy (non-hydrogen) atoms. The highest BCUT2D eigenvalue weighted by atomic mass is 19.3. The lowest BCUT2D eigenvalue weighted by atomic mass is 10.4. The topological polar surface area (TPSA) is 67.8 Å². The van der Waals surface area contributed by atoms with Crippen LogP contribution in [-0.4, -0.2) is 57.0 Å². The molecule has 0 atom stereocenters. The number of ether oxygens (including phenoxy) is 2. The van der Waals surface area contributed by atoms with Crippen molar-refractivity contribution < 1.29 is 28.2 Å². The molecule has 0 bridgehead atoms. The first-order valence-electron chi connectivity index (χ1n) is 4.98. The van der Waals surface area contributed by atoms with Gasteiger partial charge < -0.3 is 19.9 Å². The molecule has 0 spiro atoms. The van der Waals surface area contributed by atoms with Gasteiger partial charge in [-0.05, 0) is 0 Å². The van der Waals surface area contributed by atoms with Gasteiger partial charge in [-0.2, -0.15) is 0 Å². The van der Waals surface area contributed by atoms with E-state index in [4.69, 9.17) is 9.84 Å². The number of hydrogen-bond donors (Lipinski definition) is 2. The zero-order chi connectivity index (χ0) is 12.2. The maximum absolute atomic E-state index is 11.6. The van der Waals surface area contributed by atoms with E-state index in [1.165, 1.54) is 0 Å². The van der Waals surface area contributed by atoms with Crippen LogP contribution in [0.3, 0.4) is 0 Å². The number of hydrogen-bond acceptors (Lipinski definition) is 4. The summed E-state index contributed by atoms with van der Waals surface area (Å²) in [4.78, 5) is 11.0. The molecule has 0 aliphatic heterocycles. The molecule has 0 rings (SSSR count). The molecule has 0 heterocycles. The molecule has 0 unspecified atom stereocenters. The van der Waals surface area contributed by atoms with E-state index in [1.807, 2.05) is 0 Å². The van der Waals surface area contributed by atoms with Gasteiger partial charge in [0.2, 0.25) is 5.91 Å². The number of aliphatic hydroxyl groups is 1. The smallest absolute Gasteiger partial charge is 0.261 e. The lowest BCUT2D eigenvalue weighted by Gasteiger charge is -2.06. The summed E-state index contributed by atoms with van der Waals surface area (Å²) in [6.07, 6.45) is -2.46. The Labute approximate surface area is 92.7 Å². The third-order valence-electron chi connectivity index (χ3n) is 1.52. The van der Waals surface area contributed by atoms with E-state index in [9.17, 15) is 13.6 Å². The maximum Gasteiger partial charge on any atom is 0.261 e. The molecular formula is C9H17F2NO4. The van der Waals surface area contributed by atoms with Gasteiger partial charge in [0.1, 0.15) is 6.61 Å². The van der Waals surface area contributed by atoms with E-state index >= 15 is 0 Å². The Kier molecular flexibility index (Phi) is 10.2. The van der Waals surface area contributed by atoms with Crippen LogP contribution < -0.4 is 5.32 Å². The molecule has 0 saturated carbocycles. The molecule has 0 saturated heterocycles. The summed E-state index contributed by atoms with van der Waals surface area (Å²) in [5, 5.41) is 10.9. The fourth-order valence-electron chi connectivity index (χ4n) is 0.855. The number of carbonyl (C=O) groups excluding carboxylic acids is 1. The van der Waals surface area contributed by atoms with Crippen molar-refractivity contribution in [3.8, 4) is 0 Å². The largest absolute Gasteiger partial charge is 0.394 e. The first-order valence-corrected chi connectivity index (χ1v) is 4.98.